The zero-order valence-corrected chi connectivity index (χ0v) is 12.2. The van der Waals surface area contributed by atoms with E-state index in [1.807, 2.05) is 30.3 Å². The Balaban J connectivity index is 1.84. The highest BCUT2D eigenvalue weighted by Crippen LogP contribution is 2.24. The van der Waals surface area contributed by atoms with Gasteiger partial charge in [0, 0.05) is 23.1 Å². The molecule has 0 amide bonds. The lowest BCUT2D eigenvalue weighted by Gasteiger charge is -2.02. The SMILES string of the molecule is Cc1cc(N)cc(Cc2nc(-c3ccccc3)cs2)c1. The standard InChI is InChI=1S/C17H16N2S/c1-12-7-13(9-15(18)8-12)10-17-19-16(11-20-17)14-5-3-2-4-6-14/h2-9,11H,10,18H2,1H3. The fourth-order valence-electron chi connectivity index (χ4n) is 2.30. The van der Waals surface area contributed by atoms with Crippen molar-refractivity contribution in [3.05, 3.63) is 70.0 Å². The lowest BCUT2D eigenvalue weighted by atomic mass is 10.1. The van der Waals surface area contributed by atoms with E-state index in [0.29, 0.717) is 0 Å². The number of aryl methyl sites for hydroxylation is 1. The van der Waals surface area contributed by atoms with Crippen LogP contribution in [0.4, 0.5) is 5.69 Å². The van der Waals surface area contributed by atoms with Crippen molar-refractivity contribution < 1.29 is 0 Å². The van der Waals surface area contributed by atoms with Crippen LogP contribution in [0.5, 0.6) is 0 Å². The molecule has 2 N–H and O–H groups in total. The van der Waals surface area contributed by atoms with Crippen LogP contribution in [0.25, 0.3) is 11.3 Å². The number of nitrogen functional groups attached to an aromatic ring is 1. The number of nitrogens with two attached hydrogens (primary N) is 1. The molecule has 0 atom stereocenters. The van der Waals surface area contributed by atoms with Gasteiger partial charge in [-0.2, -0.15) is 0 Å². The Bertz CT molecular complexity index is 697. The number of anilines is 1. The maximum atomic E-state index is 5.89. The van der Waals surface area contributed by atoms with Crippen molar-refractivity contribution in [2.24, 2.45) is 0 Å². The van der Waals surface area contributed by atoms with E-state index in [1.54, 1.807) is 11.3 Å². The summed E-state index contributed by atoms with van der Waals surface area (Å²) in [5.41, 5.74) is 11.3. The summed E-state index contributed by atoms with van der Waals surface area (Å²) in [6, 6.07) is 16.4. The van der Waals surface area contributed by atoms with Gasteiger partial charge in [-0.3, -0.25) is 0 Å². The van der Waals surface area contributed by atoms with Crippen LogP contribution in [0.15, 0.2) is 53.9 Å². The maximum Gasteiger partial charge on any atom is 0.0976 e. The van der Waals surface area contributed by atoms with Crippen LogP contribution in [-0.2, 0) is 6.42 Å². The Hall–Kier alpha value is -2.13. The van der Waals surface area contributed by atoms with Crippen LogP contribution >= 0.6 is 11.3 Å². The minimum atomic E-state index is 0.819. The molecule has 2 nitrogen and oxygen atoms in total. The summed E-state index contributed by atoms with van der Waals surface area (Å²) in [6.45, 7) is 2.07. The number of aromatic nitrogens is 1. The molecule has 0 bridgehead atoms. The lowest BCUT2D eigenvalue weighted by Crippen LogP contribution is -1.92. The minimum Gasteiger partial charge on any atom is -0.399 e. The third kappa shape index (κ3) is 2.89. The fourth-order valence-corrected chi connectivity index (χ4v) is 3.14. The van der Waals surface area contributed by atoms with Crippen LogP contribution in [0, 0.1) is 6.92 Å². The van der Waals surface area contributed by atoms with Gasteiger partial charge in [0.15, 0.2) is 0 Å². The van der Waals surface area contributed by atoms with E-state index in [2.05, 4.69) is 30.5 Å². The second kappa shape index (κ2) is 5.47. The zero-order valence-electron chi connectivity index (χ0n) is 11.3. The lowest BCUT2D eigenvalue weighted by molar-refractivity contribution is 1.13. The van der Waals surface area contributed by atoms with Crippen molar-refractivity contribution in [3.63, 3.8) is 0 Å². The largest absolute Gasteiger partial charge is 0.399 e. The quantitative estimate of drug-likeness (QED) is 0.727. The molecule has 0 unspecified atom stereocenters. The molecule has 3 rings (SSSR count). The van der Waals surface area contributed by atoms with Crippen molar-refractivity contribution in [1.29, 1.82) is 0 Å². The van der Waals surface area contributed by atoms with Gasteiger partial charge in [0.1, 0.15) is 0 Å². The van der Waals surface area contributed by atoms with E-state index >= 15 is 0 Å². The molecule has 0 saturated carbocycles. The molecule has 0 spiro atoms. The molecule has 3 aromatic rings. The first-order valence-corrected chi connectivity index (χ1v) is 7.44. The Morgan fingerprint density at radius 3 is 2.65 bits per heavy atom. The summed E-state index contributed by atoms with van der Waals surface area (Å²) in [5, 5.41) is 3.23. The summed E-state index contributed by atoms with van der Waals surface area (Å²) >= 11 is 1.70. The number of rotatable bonds is 3. The van der Waals surface area contributed by atoms with Gasteiger partial charge in [0.25, 0.3) is 0 Å². The van der Waals surface area contributed by atoms with Gasteiger partial charge in [-0.1, -0.05) is 36.4 Å². The maximum absolute atomic E-state index is 5.89. The molecule has 3 heteroatoms. The predicted octanol–water partition coefficient (Wildman–Crippen LogP) is 4.29. The van der Waals surface area contributed by atoms with Crippen LogP contribution in [0.1, 0.15) is 16.1 Å². The van der Waals surface area contributed by atoms with E-state index in [9.17, 15) is 0 Å². The van der Waals surface area contributed by atoms with E-state index in [-0.39, 0.29) is 0 Å². The number of hydrogen-bond donors (Lipinski definition) is 1. The van der Waals surface area contributed by atoms with Crippen molar-refractivity contribution >= 4 is 17.0 Å². The average Bonchev–Trinajstić information content (AvgIpc) is 2.87. The molecule has 0 aliphatic carbocycles. The van der Waals surface area contributed by atoms with E-state index in [0.717, 1.165) is 22.8 Å². The third-order valence-corrected chi connectivity index (χ3v) is 3.98. The molecule has 1 heterocycles. The van der Waals surface area contributed by atoms with Gasteiger partial charge in [0.05, 0.1) is 10.7 Å². The predicted molar refractivity (Wildman–Crippen MR) is 85.9 cm³/mol. The third-order valence-electron chi connectivity index (χ3n) is 3.14. The van der Waals surface area contributed by atoms with E-state index < -0.39 is 0 Å². The van der Waals surface area contributed by atoms with Crippen molar-refractivity contribution in [3.8, 4) is 11.3 Å². The highest BCUT2D eigenvalue weighted by Gasteiger charge is 2.06. The number of nitrogens with zero attached hydrogens (tertiary/aromatic N) is 1. The first-order chi connectivity index (χ1) is 9.70. The van der Waals surface area contributed by atoms with Crippen LogP contribution in [-0.4, -0.2) is 4.98 Å². The number of thiazole rings is 1. The van der Waals surface area contributed by atoms with E-state index in [1.165, 1.54) is 16.7 Å². The van der Waals surface area contributed by atoms with Crippen molar-refractivity contribution in [2.75, 3.05) is 5.73 Å². The van der Waals surface area contributed by atoms with Gasteiger partial charge in [-0.15, -0.1) is 11.3 Å². The first kappa shape index (κ1) is 12.9. The average molecular weight is 280 g/mol. The molecule has 100 valence electrons. The summed E-state index contributed by atoms with van der Waals surface area (Å²) in [7, 11) is 0. The van der Waals surface area contributed by atoms with Crippen LogP contribution < -0.4 is 5.73 Å². The molecule has 0 radical (unpaired) electrons. The smallest absolute Gasteiger partial charge is 0.0976 e. The second-order valence-electron chi connectivity index (χ2n) is 4.92. The van der Waals surface area contributed by atoms with Crippen LogP contribution in [0.2, 0.25) is 0 Å². The topological polar surface area (TPSA) is 38.9 Å². The monoisotopic (exact) mass is 280 g/mol. The summed E-state index contributed by atoms with van der Waals surface area (Å²) in [6.07, 6.45) is 0.837. The number of benzene rings is 2. The minimum absolute atomic E-state index is 0.819. The summed E-state index contributed by atoms with van der Waals surface area (Å²) in [5.74, 6) is 0. The molecule has 0 fully saturated rings. The van der Waals surface area contributed by atoms with Crippen molar-refractivity contribution in [2.45, 2.75) is 13.3 Å². The van der Waals surface area contributed by atoms with Gasteiger partial charge in [-0.25, -0.2) is 4.98 Å². The van der Waals surface area contributed by atoms with Crippen LogP contribution in [0.3, 0.4) is 0 Å². The molecule has 0 saturated heterocycles. The summed E-state index contributed by atoms with van der Waals surface area (Å²) < 4.78 is 0. The van der Waals surface area contributed by atoms with Gasteiger partial charge >= 0.3 is 0 Å². The first-order valence-electron chi connectivity index (χ1n) is 6.56. The molecular formula is C17H16N2S. The Morgan fingerprint density at radius 1 is 1.10 bits per heavy atom. The summed E-state index contributed by atoms with van der Waals surface area (Å²) in [4.78, 5) is 4.71. The molecular weight excluding hydrogens is 264 g/mol. The van der Waals surface area contributed by atoms with E-state index in [4.69, 9.17) is 10.7 Å². The Morgan fingerprint density at radius 2 is 1.90 bits per heavy atom. The number of hydrogen-bond acceptors (Lipinski definition) is 3. The highest BCUT2D eigenvalue weighted by molar-refractivity contribution is 7.10. The Labute approximate surface area is 122 Å². The molecule has 20 heavy (non-hydrogen) atoms. The van der Waals surface area contributed by atoms with Crippen molar-refractivity contribution in [1.82, 2.24) is 4.98 Å². The fraction of sp³-hybridized carbons (Fsp3) is 0.118. The second-order valence-corrected chi connectivity index (χ2v) is 5.86. The van der Waals surface area contributed by atoms with Gasteiger partial charge in [-0.05, 0) is 30.2 Å². The van der Waals surface area contributed by atoms with Gasteiger partial charge in [0.2, 0.25) is 0 Å². The molecule has 0 aliphatic heterocycles. The normalized spacial score (nSPS) is 10.7. The Kier molecular flexibility index (Phi) is 3.52. The molecule has 1 aromatic heterocycles. The van der Waals surface area contributed by atoms with Gasteiger partial charge < -0.3 is 5.73 Å². The zero-order chi connectivity index (χ0) is 13.9. The molecule has 0 aliphatic rings. The molecule has 2 aromatic carbocycles. The highest BCUT2D eigenvalue weighted by atomic mass is 32.1.